The molecule has 0 saturated carbocycles. The molecule has 2 saturated heterocycles. The fourth-order valence-corrected chi connectivity index (χ4v) is 6.61. The number of rotatable bonds is 8. The summed E-state index contributed by atoms with van der Waals surface area (Å²) < 4.78 is 0. The van der Waals surface area contributed by atoms with Crippen LogP contribution in [-0.2, 0) is 6.54 Å². The van der Waals surface area contributed by atoms with Crippen molar-refractivity contribution < 1.29 is 0 Å². The zero-order valence-corrected chi connectivity index (χ0v) is 26.0. The number of hydrogen-bond acceptors (Lipinski definition) is 6. The highest BCUT2D eigenvalue weighted by Crippen LogP contribution is 2.32. The maximum atomic E-state index is 6.26. The number of pyridine rings is 2. The molecule has 7 rings (SSSR count). The minimum Gasteiger partial charge on any atom is -0.374 e. The summed E-state index contributed by atoms with van der Waals surface area (Å²) in [6.45, 7) is 9.39. The summed E-state index contributed by atoms with van der Waals surface area (Å²) in [5.41, 5.74) is 6.96. The van der Waals surface area contributed by atoms with E-state index in [0.29, 0.717) is 5.02 Å². The van der Waals surface area contributed by atoms with Crippen LogP contribution in [0.15, 0.2) is 97.2 Å². The van der Waals surface area contributed by atoms with Crippen LogP contribution in [0.4, 0.5) is 17.3 Å². The molecule has 44 heavy (non-hydrogen) atoms. The number of fused-ring (bicyclic) bond motifs is 1. The van der Waals surface area contributed by atoms with Gasteiger partial charge >= 0.3 is 0 Å². The van der Waals surface area contributed by atoms with Crippen molar-refractivity contribution in [3.63, 3.8) is 0 Å². The number of benzene rings is 3. The molecule has 224 valence electrons. The van der Waals surface area contributed by atoms with Crippen LogP contribution in [0.5, 0.6) is 0 Å². The average molecular weight is 603 g/mol. The van der Waals surface area contributed by atoms with Crippen LogP contribution in [-0.4, -0.2) is 54.1 Å². The summed E-state index contributed by atoms with van der Waals surface area (Å²) in [5, 5.41) is 5.58. The molecule has 1 unspecified atom stereocenters. The normalized spacial score (nSPS) is 16.4. The first-order chi connectivity index (χ1) is 21.6. The lowest BCUT2D eigenvalue weighted by Gasteiger charge is -2.35. The van der Waals surface area contributed by atoms with Gasteiger partial charge in [-0.2, -0.15) is 0 Å². The Balaban J connectivity index is 1.04. The Morgan fingerprint density at radius 2 is 1.41 bits per heavy atom. The van der Waals surface area contributed by atoms with Crippen LogP contribution >= 0.6 is 11.6 Å². The molecule has 0 bridgehead atoms. The van der Waals surface area contributed by atoms with Crippen LogP contribution in [0.2, 0.25) is 5.02 Å². The van der Waals surface area contributed by atoms with Crippen molar-refractivity contribution >= 4 is 39.8 Å². The van der Waals surface area contributed by atoms with Crippen LogP contribution < -0.4 is 15.1 Å². The van der Waals surface area contributed by atoms with E-state index in [1.807, 2.05) is 30.5 Å². The molecule has 0 radical (unpaired) electrons. The third-order valence-corrected chi connectivity index (χ3v) is 9.22. The Kier molecular flexibility index (Phi) is 8.36. The minimum atomic E-state index is -0.00158. The SMILES string of the molecule is Cc1ccc(C(Nc2ccnc3cc(Cl)ccc23)c2ccc(CN3CCN(c4cccc(N5CCCC5)n4)CC3)cc2)cc1. The number of hydrogen-bond donors (Lipinski definition) is 1. The lowest BCUT2D eigenvalue weighted by atomic mass is 9.96. The number of nitrogens with one attached hydrogen (secondary N) is 1. The number of aromatic nitrogens is 2. The topological polar surface area (TPSA) is 47.5 Å². The molecule has 2 aliphatic rings. The molecule has 0 spiro atoms. The van der Waals surface area contributed by atoms with E-state index in [1.54, 1.807) is 0 Å². The first-order valence-corrected chi connectivity index (χ1v) is 16.1. The lowest BCUT2D eigenvalue weighted by molar-refractivity contribution is 0.249. The van der Waals surface area contributed by atoms with E-state index in [0.717, 1.165) is 74.0 Å². The van der Waals surface area contributed by atoms with Crippen molar-refractivity contribution in [2.75, 3.05) is 54.4 Å². The second-order valence-corrected chi connectivity index (χ2v) is 12.5. The van der Waals surface area contributed by atoms with Gasteiger partial charge in [0.1, 0.15) is 11.6 Å². The van der Waals surface area contributed by atoms with Crippen molar-refractivity contribution in [3.05, 3.63) is 124 Å². The van der Waals surface area contributed by atoms with E-state index in [-0.39, 0.29) is 6.04 Å². The van der Waals surface area contributed by atoms with Gasteiger partial charge in [-0.1, -0.05) is 71.8 Å². The highest BCUT2D eigenvalue weighted by Gasteiger charge is 2.21. The lowest BCUT2D eigenvalue weighted by Crippen LogP contribution is -2.46. The highest BCUT2D eigenvalue weighted by molar-refractivity contribution is 6.31. The first kappa shape index (κ1) is 28.6. The summed E-state index contributed by atoms with van der Waals surface area (Å²) in [6.07, 6.45) is 4.38. The maximum absolute atomic E-state index is 6.26. The monoisotopic (exact) mass is 602 g/mol. The number of halogens is 1. The van der Waals surface area contributed by atoms with Gasteiger partial charge < -0.3 is 15.1 Å². The Labute approximate surface area is 265 Å². The van der Waals surface area contributed by atoms with Gasteiger partial charge in [0.2, 0.25) is 0 Å². The Bertz CT molecular complexity index is 1710. The summed E-state index contributed by atoms with van der Waals surface area (Å²) in [5.74, 6) is 2.24. The fourth-order valence-electron chi connectivity index (χ4n) is 6.44. The smallest absolute Gasteiger partial charge is 0.131 e. The molecule has 5 aromatic rings. The summed E-state index contributed by atoms with van der Waals surface area (Å²) >= 11 is 6.26. The van der Waals surface area contributed by atoms with Crippen molar-refractivity contribution in [1.29, 1.82) is 0 Å². The van der Waals surface area contributed by atoms with E-state index < -0.39 is 0 Å². The van der Waals surface area contributed by atoms with Gasteiger partial charge in [0.15, 0.2) is 0 Å². The zero-order chi connectivity index (χ0) is 29.9. The van der Waals surface area contributed by atoms with Crippen LogP contribution in [0.1, 0.15) is 41.1 Å². The molecule has 1 atom stereocenters. The quantitative estimate of drug-likeness (QED) is 0.196. The van der Waals surface area contributed by atoms with Crippen molar-refractivity contribution in [3.8, 4) is 0 Å². The Morgan fingerprint density at radius 1 is 0.750 bits per heavy atom. The summed E-state index contributed by atoms with van der Waals surface area (Å²) in [4.78, 5) is 17.0. The van der Waals surface area contributed by atoms with Crippen molar-refractivity contribution in [2.45, 2.75) is 32.4 Å². The third kappa shape index (κ3) is 6.37. The molecular formula is C37H39ClN6. The maximum Gasteiger partial charge on any atom is 0.131 e. The Morgan fingerprint density at radius 3 is 2.11 bits per heavy atom. The van der Waals surface area contributed by atoms with Crippen molar-refractivity contribution in [1.82, 2.24) is 14.9 Å². The van der Waals surface area contributed by atoms with Gasteiger partial charge in [-0.15, -0.1) is 0 Å². The van der Waals surface area contributed by atoms with Crippen LogP contribution in [0.25, 0.3) is 10.9 Å². The molecule has 2 aromatic heterocycles. The number of nitrogens with zero attached hydrogens (tertiary/aromatic N) is 5. The van der Waals surface area contributed by atoms with Gasteiger partial charge in [0.05, 0.1) is 11.6 Å². The highest BCUT2D eigenvalue weighted by atomic mass is 35.5. The number of anilines is 3. The van der Waals surface area contributed by atoms with Gasteiger partial charge in [-0.05, 0) is 72.9 Å². The number of aryl methyl sites for hydroxylation is 1. The van der Waals surface area contributed by atoms with Crippen molar-refractivity contribution in [2.24, 2.45) is 0 Å². The van der Waals surface area contributed by atoms with E-state index in [2.05, 4.69) is 98.7 Å². The Hall–Kier alpha value is -4.13. The molecule has 2 fully saturated rings. The molecule has 7 heteroatoms. The zero-order valence-electron chi connectivity index (χ0n) is 25.3. The average Bonchev–Trinajstić information content (AvgIpc) is 3.61. The third-order valence-electron chi connectivity index (χ3n) is 8.98. The molecule has 3 aromatic carbocycles. The second kappa shape index (κ2) is 12.8. The molecule has 0 amide bonds. The van der Waals surface area contributed by atoms with E-state index in [9.17, 15) is 0 Å². The minimum absolute atomic E-state index is 0.00158. The fraction of sp³-hybridized carbons (Fsp3) is 0.297. The number of piperazine rings is 1. The molecule has 4 heterocycles. The standard InChI is InChI=1S/C37H39ClN6/c1-27-7-11-29(12-8-27)37(40-33-17-18-39-34-25-31(38)15-16-32(33)34)30-13-9-28(10-14-30)26-42-21-23-44(24-22-42)36-6-4-5-35(41-36)43-19-2-3-20-43/h4-18,25,37H,2-3,19-24,26H2,1H3,(H,39,40). The van der Waals surface area contributed by atoms with E-state index in [4.69, 9.17) is 16.6 Å². The van der Waals surface area contributed by atoms with Gasteiger partial charge in [-0.25, -0.2) is 4.98 Å². The predicted molar refractivity (Wildman–Crippen MR) is 183 cm³/mol. The van der Waals surface area contributed by atoms with Gasteiger partial charge in [-0.3, -0.25) is 9.88 Å². The summed E-state index contributed by atoms with van der Waals surface area (Å²) in [7, 11) is 0. The summed E-state index contributed by atoms with van der Waals surface area (Å²) in [6, 6.07) is 32.3. The van der Waals surface area contributed by atoms with Gasteiger partial charge in [0, 0.05) is 68.1 Å². The molecule has 0 aliphatic carbocycles. The van der Waals surface area contributed by atoms with E-state index in [1.165, 1.54) is 35.1 Å². The molecular weight excluding hydrogens is 564 g/mol. The second-order valence-electron chi connectivity index (χ2n) is 12.1. The predicted octanol–water partition coefficient (Wildman–Crippen LogP) is 7.72. The van der Waals surface area contributed by atoms with Crippen LogP contribution in [0.3, 0.4) is 0 Å². The van der Waals surface area contributed by atoms with Crippen LogP contribution in [0, 0.1) is 6.92 Å². The molecule has 1 N–H and O–H groups in total. The first-order valence-electron chi connectivity index (χ1n) is 15.7. The molecule has 2 aliphatic heterocycles. The van der Waals surface area contributed by atoms with Gasteiger partial charge in [0.25, 0.3) is 0 Å². The largest absolute Gasteiger partial charge is 0.374 e. The van der Waals surface area contributed by atoms with E-state index >= 15 is 0 Å². The molecule has 6 nitrogen and oxygen atoms in total.